The number of urea groups is 1. The number of methoxy groups -OCH3 is 1. The summed E-state index contributed by atoms with van der Waals surface area (Å²) in [6.07, 6.45) is 0. The number of aryl methyl sites for hydroxylation is 3. The first-order valence-electron chi connectivity index (χ1n) is 8.78. The van der Waals surface area contributed by atoms with Crippen molar-refractivity contribution < 1.29 is 14.6 Å². The molecule has 0 fully saturated rings. The SMILES string of the molecule is COc1ccccc1CN(CCO)C(=O)NCc1c(C)cc(C)cc1C. The fourth-order valence-electron chi connectivity index (χ4n) is 3.18. The second-order valence-electron chi connectivity index (χ2n) is 6.49. The van der Waals surface area contributed by atoms with E-state index in [1.54, 1.807) is 12.0 Å². The molecular weight excluding hydrogens is 328 g/mol. The average molecular weight is 356 g/mol. The zero-order valence-corrected chi connectivity index (χ0v) is 16.0. The summed E-state index contributed by atoms with van der Waals surface area (Å²) in [5, 5.41) is 12.3. The van der Waals surface area contributed by atoms with Crippen molar-refractivity contribution in [2.75, 3.05) is 20.3 Å². The molecule has 2 aromatic rings. The smallest absolute Gasteiger partial charge is 0.318 e. The zero-order chi connectivity index (χ0) is 19.1. The first-order chi connectivity index (χ1) is 12.5. The van der Waals surface area contributed by atoms with Gasteiger partial charge in [-0.3, -0.25) is 0 Å². The van der Waals surface area contributed by atoms with Gasteiger partial charge in [-0.15, -0.1) is 0 Å². The molecule has 0 bridgehead atoms. The second kappa shape index (κ2) is 9.25. The summed E-state index contributed by atoms with van der Waals surface area (Å²) in [7, 11) is 1.61. The lowest BCUT2D eigenvalue weighted by Crippen LogP contribution is -2.41. The number of para-hydroxylation sites is 1. The number of amides is 2. The summed E-state index contributed by atoms with van der Waals surface area (Å²) >= 11 is 0. The van der Waals surface area contributed by atoms with Crippen LogP contribution in [-0.2, 0) is 13.1 Å². The van der Waals surface area contributed by atoms with Crippen molar-refractivity contribution in [3.05, 3.63) is 64.2 Å². The largest absolute Gasteiger partial charge is 0.496 e. The van der Waals surface area contributed by atoms with Gasteiger partial charge in [0, 0.05) is 18.7 Å². The fourth-order valence-corrected chi connectivity index (χ4v) is 3.18. The van der Waals surface area contributed by atoms with Crippen LogP contribution in [0.25, 0.3) is 0 Å². The highest BCUT2D eigenvalue weighted by Gasteiger charge is 2.16. The topological polar surface area (TPSA) is 61.8 Å². The van der Waals surface area contributed by atoms with Crippen LogP contribution in [0.2, 0.25) is 0 Å². The highest BCUT2D eigenvalue weighted by molar-refractivity contribution is 5.74. The minimum Gasteiger partial charge on any atom is -0.496 e. The molecule has 0 spiro atoms. The third kappa shape index (κ3) is 4.99. The Morgan fingerprint density at radius 3 is 2.42 bits per heavy atom. The van der Waals surface area contributed by atoms with Crippen molar-refractivity contribution in [1.82, 2.24) is 10.2 Å². The van der Waals surface area contributed by atoms with Gasteiger partial charge < -0.3 is 20.1 Å². The number of nitrogens with one attached hydrogen (secondary N) is 1. The zero-order valence-electron chi connectivity index (χ0n) is 16.0. The molecule has 0 heterocycles. The Morgan fingerprint density at radius 2 is 1.81 bits per heavy atom. The molecule has 0 aromatic heterocycles. The van der Waals surface area contributed by atoms with Gasteiger partial charge in [0.1, 0.15) is 5.75 Å². The lowest BCUT2D eigenvalue weighted by Gasteiger charge is -2.24. The van der Waals surface area contributed by atoms with Gasteiger partial charge >= 0.3 is 6.03 Å². The van der Waals surface area contributed by atoms with E-state index >= 15 is 0 Å². The number of hydrogen-bond donors (Lipinski definition) is 2. The standard InChI is InChI=1S/C21H28N2O3/c1-15-11-16(2)19(17(3)12-15)13-22-21(25)23(9-10-24)14-18-7-5-6-8-20(18)26-4/h5-8,11-12,24H,9-10,13-14H2,1-4H3,(H,22,25). The number of hydrogen-bond acceptors (Lipinski definition) is 3. The predicted octanol–water partition coefficient (Wildman–Crippen LogP) is 3.32. The Morgan fingerprint density at radius 1 is 1.15 bits per heavy atom. The number of benzene rings is 2. The summed E-state index contributed by atoms with van der Waals surface area (Å²) in [4.78, 5) is 14.3. The van der Waals surface area contributed by atoms with Gasteiger partial charge in [0.2, 0.25) is 0 Å². The third-order valence-electron chi connectivity index (χ3n) is 4.47. The van der Waals surface area contributed by atoms with E-state index in [0.717, 1.165) is 16.9 Å². The first-order valence-corrected chi connectivity index (χ1v) is 8.78. The highest BCUT2D eigenvalue weighted by Crippen LogP contribution is 2.20. The van der Waals surface area contributed by atoms with Crippen LogP contribution in [0, 0.1) is 20.8 Å². The molecule has 0 saturated carbocycles. The molecule has 0 saturated heterocycles. The molecule has 0 aliphatic heterocycles. The fraction of sp³-hybridized carbons (Fsp3) is 0.381. The van der Waals surface area contributed by atoms with Crippen molar-refractivity contribution in [1.29, 1.82) is 0 Å². The van der Waals surface area contributed by atoms with E-state index in [9.17, 15) is 9.90 Å². The third-order valence-corrected chi connectivity index (χ3v) is 4.47. The maximum absolute atomic E-state index is 12.7. The first kappa shape index (κ1) is 19.8. The summed E-state index contributed by atoms with van der Waals surface area (Å²) in [6, 6.07) is 11.6. The molecular formula is C21H28N2O3. The van der Waals surface area contributed by atoms with Gasteiger partial charge in [-0.2, -0.15) is 0 Å². The number of rotatable bonds is 7. The van der Waals surface area contributed by atoms with Crippen molar-refractivity contribution in [3.8, 4) is 5.75 Å². The summed E-state index contributed by atoms with van der Waals surface area (Å²) in [6.45, 7) is 7.19. The minimum absolute atomic E-state index is 0.0921. The van der Waals surface area contributed by atoms with Crippen LogP contribution in [0.15, 0.2) is 36.4 Å². The Balaban J connectivity index is 2.09. The Hall–Kier alpha value is -2.53. The van der Waals surface area contributed by atoms with Gasteiger partial charge in [-0.1, -0.05) is 35.9 Å². The molecule has 5 nitrogen and oxygen atoms in total. The van der Waals surface area contributed by atoms with Gasteiger partial charge in [-0.05, 0) is 43.5 Å². The number of ether oxygens (including phenoxy) is 1. The van der Waals surface area contributed by atoms with E-state index in [0.29, 0.717) is 13.1 Å². The maximum Gasteiger partial charge on any atom is 0.318 e. The second-order valence-corrected chi connectivity index (χ2v) is 6.49. The van der Waals surface area contributed by atoms with Crippen molar-refractivity contribution in [2.24, 2.45) is 0 Å². The Bertz CT molecular complexity index is 736. The molecule has 5 heteroatoms. The monoisotopic (exact) mass is 356 g/mol. The summed E-state index contributed by atoms with van der Waals surface area (Å²) in [5.74, 6) is 0.730. The van der Waals surface area contributed by atoms with Gasteiger partial charge in [0.25, 0.3) is 0 Å². The van der Waals surface area contributed by atoms with Crippen LogP contribution in [0.5, 0.6) is 5.75 Å². The number of carbonyl (C=O) groups excluding carboxylic acids is 1. The van der Waals surface area contributed by atoms with Crippen LogP contribution in [0.3, 0.4) is 0 Å². The van der Waals surface area contributed by atoms with E-state index < -0.39 is 0 Å². The van der Waals surface area contributed by atoms with Crippen LogP contribution in [-0.4, -0.2) is 36.3 Å². The van der Waals surface area contributed by atoms with Crippen LogP contribution in [0.4, 0.5) is 4.79 Å². The van der Waals surface area contributed by atoms with Crippen molar-refractivity contribution in [2.45, 2.75) is 33.9 Å². The molecule has 26 heavy (non-hydrogen) atoms. The summed E-state index contributed by atoms with van der Waals surface area (Å²) in [5.41, 5.74) is 5.59. The van der Waals surface area contributed by atoms with Crippen LogP contribution in [0.1, 0.15) is 27.8 Å². The minimum atomic E-state index is -0.204. The molecule has 2 rings (SSSR count). The van der Waals surface area contributed by atoms with E-state index in [2.05, 4.69) is 38.2 Å². The Kier molecular flexibility index (Phi) is 7.04. The number of aliphatic hydroxyl groups excluding tert-OH is 1. The predicted molar refractivity (Wildman–Crippen MR) is 103 cm³/mol. The van der Waals surface area contributed by atoms with Gasteiger partial charge in [0.05, 0.1) is 20.3 Å². The van der Waals surface area contributed by atoms with Crippen molar-refractivity contribution >= 4 is 6.03 Å². The van der Waals surface area contributed by atoms with Gasteiger partial charge in [0.15, 0.2) is 0 Å². The maximum atomic E-state index is 12.7. The molecule has 2 aromatic carbocycles. The Labute approximate surface area is 155 Å². The molecule has 140 valence electrons. The quantitative estimate of drug-likeness (QED) is 0.800. The molecule has 0 aliphatic carbocycles. The van der Waals surface area contributed by atoms with E-state index in [-0.39, 0.29) is 19.2 Å². The molecule has 2 amide bonds. The van der Waals surface area contributed by atoms with Gasteiger partial charge in [-0.25, -0.2) is 4.79 Å². The lowest BCUT2D eigenvalue weighted by molar-refractivity contribution is 0.173. The van der Waals surface area contributed by atoms with Crippen LogP contribution >= 0.6 is 0 Å². The molecule has 0 radical (unpaired) electrons. The average Bonchev–Trinajstić information content (AvgIpc) is 2.60. The molecule has 0 aliphatic rings. The molecule has 0 unspecified atom stereocenters. The van der Waals surface area contributed by atoms with E-state index in [1.807, 2.05) is 24.3 Å². The highest BCUT2D eigenvalue weighted by atomic mass is 16.5. The number of carbonyl (C=O) groups is 1. The lowest BCUT2D eigenvalue weighted by atomic mass is 10.00. The molecule has 0 atom stereocenters. The normalized spacial score (nSPS) is 10.5. The van der Waals surface area contributed by atoms with E-state index in [1.165, 1.54) is 16.7 Å². The van der Waals surface area contributed by atoms with Crippen molar-refractivity contribution in [3.63, 3.8) is 0 Å². The van der Waals surface area contributed by atoms with E-state index in [4.69, 9.17) is 4.74 Å². The summed E-state index contributed by atoms with van der Waals surface area (Å²) < 4.78 is 5.36. The number of nitrogens with zero attached hydrogens (tertiary/aromatic N) is 1. The number of aliphatic hydroxyl groups is 1. The van der Waals surface area contributed by atoms with Crippen LogP contribution < -0.4 is 10.1 Å². The molecule has 2 N–H and O–H groups in total.